The molecule has 0 aliphatic rings. The first kappa shape index (κ1) is 9.14. The lowest BCUT2D eigenvalue weighted by Crippen LogP contribution is -2.15. The summed E-state index contributed by atoms with van der Waals surface area (Å²) < 4.78 is 4.58. The second-order valence-electron chi connectivity index (χ2n) is 2.00. The molecule has 0 aliphatic carbocycles. The molecule has 0 aromatic heterocycles. The Labute approximate surface area is 60.4 Å². The van der Waals surface area contributed by atoms with E-state index in [4.69, 9.17) is 0 Å². The highest BCUT2D eigenvalue weighted by atomic mass is 16.5. The Hall–Kier alpha value is -0.860. The van der Waals surface area contributed by atoms with Crippen LogP contribution in [0.2, 0.25) is 0 Å². The van der Waals surface area contributed by atoms with Crippen molar-refractivity contribution in [3.8, 4) is 0 Å². The van der Waals surface area contributed by atoms with Gasteiger partial charge in [0.25, 0.3) is 0 Å². The molecule has 0 aromatic carbocycles. The van der Waals surface area contributed by atoms with E-state index >= 15 is 0 Å². The van der Waals surface area contributed by atoms with Crippen molar-refractivity contribution in [1.82, 2.24) is 0 Å². The summed E-state index contributed by atoms with van der Waals surface area (Å²) in [5, 5.41) is 0. The van der Waals surface area contributed by atoms with Crippen molar-refractivity contribution < 1.29 is 14.3 Å². The maximum atomic E-state index is 10.6. The van der Waals surface area contributed by atoms with E-state index in [1.165, 1.54) is 6.92 Å². The van der Waals surface area contributed by atoms with Crippen LogP contribution in [0.3, 0.4) is 0 Å². The van der Waals surface area contributed by atoms with Crippen molar-refractivity contribution in [3.63, 3.8) is 0 Å². The van der Waals surface area contributed by atoms with Gasteiger partial charge in [0.1, 0.15) is 0 Å². The smallest absolute Gasteiger partial charge is 0.306 e. The zero-order chi connectivity index (χ0) is 7.98. The summed E-state index contributed by atoms with van der Waals surface area (Å²) in [6, 6.07) is 0. The molecule has 0 aromatic rings. The molecule has 1 atom stereocenters. The van der Waals surface area contributed by atoms with Crippen molar-refractivity contribution in [2.75, 3.05) is 0 Å². The van der Waals surface area contributed by atoms with Gasteiger partial charge in [-0.3, -0.25) is 9.59 Å². The molecule has 0 saturated heterocycles. The summed E-state index contributed by atoms with van der Waals surface area (Å²) >= 11 is 0. The summed E-state index contributed by atoms with van der Waals surface area (Å²) in [4.78, 5) is 20.5. The second-order valence-corrected chi connectivity index (χ2v) is 2.00. The molecular weight excluding hydrogens is 132 g/mol. The normalized spacial score (nSPS) is 12.2. The van der Waals surface area contributed by atoms with Gasteiger partial charge in [0.15, 0.2) is 6.10 Å². The molecule has 1 unspecified atom stereocenters. The van der Waals surface area contributed by atoms with Gasteiger partial charge in [0.2, 0.25) is 6.29 Å². The fourth-order valence-electron chi connectivity index (χ4n) is 0.484. The molecule has 0 N–H and O–H groups in total. The number of carbonyl (C=O) groups excluding carboxylic acids is 2. The van der Waals surface area contributed by atoms with E-state index in [0.717, 1.165) is 6.42 Å². The van der Waals surface area contributed by atoms with Crippen molar-refractivity contribution in [3.05, 3.63) is 0 Å². The van der Waals surface area contributed by atoms with Crippen LogP contribution in [0.4, 0.5) is 0 Å². The SMILES string of the molecule is CCCC(=O)OC(C)[C]=O. The molecule has 0 rings (SSSR count). The highest BCUT2D eigenvalue weighted by Gasteiger charge is 2.06. The summed E-state index contributed by atoms with van der Waals surface area (Å²) in [5.41, 5.74) is 0. The maximum Gasteiger partial charge on any atom is 0.306 e. The lowest BCUT2D eigenvalue weighted by Gasteiger charge is -2.03. The maximum absolute atomic E-state index is 10.6. The van der Waals surface area contributed by atoms with Crippen molar-refractivity contribution in [1.29, 1.82) is 0 Å². The molecule has 3 heteroatoms. The zero-order valence-electron chi connectivity index (χ0n) is 6.22. The van der Waals surface area contributed by atoms with E-state index in [0.29, 0.717) is 6.42 Å². The molecule has 0 bridgehead atoms. The topological polar surface area (TPSA) is 43.4 Å². The number of carbonyl (C=O) groups is 1. The third kappa shape index (κ3) is 4.06. The first-order valence-electron chi connectivity index (χ1n) is 3.27. The third-order valence-corrected chi connectivity index (χ3v) is 0.928. The predicted molar refractivity (Wildman–Crippen MR) is 36.2 cm³/mol. The van der Waals surface area contributed by atoms with Crippen LogP contribution in [0.5, 0.6) is 0 Å². The van der Waals surface area contributed by atoms with E-state index < -0.39 is 6.10 Å². The van der Waals surface area contributed by atoms with Crippen molar-refractivity contribution in [2.45, 2.75) is 32.8 Å². The largest absolute Gasteiger partial charge is 0.454 e. The van der Waals surface area contributed by atoms with E-state index in [1.54, 1.807) is 6.29 Å². The first-order chi connectivity index (χ1) is 4.70. The van der Waals surface area contributed by atoms with Gasteiger partial charge in [-0.05, 0) is 13.3 Å². The van der Waals surface area contributed by atoms with E-state index in [-0.39, 0.29) is 5.97 Å². The van der Waals surface area contributed by atoms with Crippen LogP contribution >= 0.6 is 0 Å². The van der Waals surface area contributed by atoms with Crippen LogP contribution < -0.4 is 0 Å². The molecule has 0 fully saturated rings. The average Bonchev–Trinajstić information content (AvgIpc) is 1.88. The lowest BCUT2D eigenvalue weighted by atomic mass is 10.3. The molecule has 0 heterocycles. The summed E-state index contributed by atoms with van der Waals surface area (Å²) in [7, 11) is 0. The second kappa shape index (κ2) is 4.97. The van der Waals surface area contributed by atoms with Crippen molar-refractivity contribution >= 4 is 12.3 Å². The van der Waals surface area contributed by atoms with Crippen LogP contribution in [0, 0.1) is 0 Å². The summed E-state index contributed by atoms with van der Waals surface area (Å²) in [6.07, 6.45) is 1.95. The number of hydrogen-bond donors (Lipinski definition) is 0. The number of ether oxygens (including phenoxy) is 1. The standard InChI is InChI=1S/C7H11O3/c1-3-4-7(9)10-6(2)5-8/h6H,3-4H2,1-2H3. The molecule has 1 radical (unpaired) electrons. The van der Waals surface area contributed by atoms with Gasteiger partial charge in [0, 0.05) is 6.42 Å². The Kier molecular flexibility index (Phi) is 4.54. The van der Waals surface area contributed by atoms with Gasteiger partial charge in [0.05, 0.1) is 0 Å². The highest BCUT2D eigenvalue weighted by Crippen LogP contribution is 1.94. The Bertz CT molecular complexity index is 120. The zero-order valence-corrected chi connectivity index (χ0v) is 6.22. The van der Waals surface area contributed by atoms with Crippen LogP contribution in [-0.2, 0) is 14.3 Å². The fraction of sp³-hybridized carbons (Fsp3) is 0.714. The molecular formula is C7H11O3. The van der Waals surface area contributed by atoms with E-state index in [9.17, 15) is 9.59 Å². The minimum Gasteiger partial charge on any atom is -0.454 e. The van der Waals surface area contributed by atoms with Crippen molar-refractivity contribution in [2.24, 2.45) is 0 Å². The molecule has 3 nitrogen and oxygen atoms in total. The van der Waals surface area contributed by atoms with Gasteiger partial charge >= 0.3 is 5.97 Å². The fourth-order valence-corrected chi connectivity index (χ4v) is 0.484. The number of hydrogen-bond acceptors (Lipinski definition) is 3. The average molecular weight is 143 g/mol. The lowest BCUT2D eigenvalue weighted by molar-refractivity contribution is -0.145. The van der Waals surface area contributed by atoms with Gasteiger partial charge < -0.3 is 4.74 Å². The number of esters is 1. The quantitative estimate of drug-likeness (QED) is 0.547. The van der Waals surface area contributed by atoms with Gasteiger partial charge in [-0.2, -0.15) is 0 Å². The predicted octanol–water partition coefficient (Wildman–Crippen LogP) is 0.828. The molecule has 10 heavy (non-hydrogen) atoms. The number of rotatable bonds is 4. The Morgan fingerprint density at radius 1 is 1.70 bits per heavy atom. The molecule has 0 aliphatic heterocycles. The van der Waals surface area contributed by atoms with E-state index in [1.807, 2.05) is 6.92 Å². The molecule has 0 amide bonds. The molecule has 0 spiro atoms. The van der Waals surface area contributed by atoms with E-state index in [2.05, 4.69) is 4.74 Å². The Balaban J connectivity index is 3.46. The molecule has 0 saturated carbocycles. The van der Waals surface area contributed by atoms with Gasteiger partial charge in [-0.1, -0.05) is 6.92 Å². The van der Waals surface area contributed by atoms with Crippen LogP contribution in [0.1, 0.15) is 26.7 Å². The van der Waals surface area contributed by atoms with Crippen LogP contribution in [0.15, 0.2) is 0 Å². The van der Waals surface area contributed by atoms with Crippen LogP contribution in [-0.4, -0.2) is 18.4 Å². The highest BCUT2D eigenvalue weighted by molar-refractivity contribution is 5.72. The minimum absolute atomic E-state index is 0.335. The summed E-state index contributed by atoms with van der Waals surface area (Å²) in [5.74, 6) is -0.335. The minimum atomic E-state index is -0.723. The first-order valence-corrected chi connectivity index (χ1v) is 3.27. The molecule has 57 valence electrons. The van der Waals surface area contributed by atoms with Gasteiger partial charge in [-0.25, -0.2) is 0 Å². The van der Waals surface area contributed by atoms with Gasteiger partial charge in [-0.15, -0.1) is 0 Å². The third-order valence-electron chi connectivity index (χ3n) is 0.928. The summed E-state index contributed by atoms with van der Waals surface area (Å²) in [6.45, 7) is 3.36. The monoisotopic (exact) mass is 143 g/mol. The Morgan fingerprint density at radius 2 is 2.30 bits per heavy atom. The van der Waals surface area contributed by atoms with Crippen LogP contribution in [0.25, 0.3) is 0 Å². The Morgan fingerprint density at radius 3 is 2.70 bits per heavy atom.